The summed E-state index contributed by atoms with van der Waals surface area (Å²) >= 11 is 6.20. The second kappa shape index (κ2) is 8.40. The van der Waals surface area contributed by atoms with E-state index in [4.69, 9.17) is 11.6 Å². The summed E-state index contributed by atoms with van der Waals surface area (Å²) in [5.74, 6) is -2.22. The lowest BCUT2D eigenvalue weighted by atomic mass is 10.0. The largest absolute Gasteiger partial charge is 0.389 e. The Labute approximate surface area is 170 Å². The Bertz CT molecular complexity index is 887. The van der Waals surface area contributed by atoms with E-state index >= 15 is 0 Å². The zero-order chi connectivity index (χ0) is 21.2. The zero-order valence-corrected chi connectivity index (χ0v) is 16.3. The number of nitrogens with zero attached hydrogens (tertiary/aromatic N) is 5. The Morgan fingerprint density at radius 1 is 1.41 bits per heavy atom. The molecule has 3 heterocycles. The minimum Gasteiger partial charge on any atom is -0.333 e. The maximum atomic E-state index is 12.8. The molecule has 0 N–H and O–H groups in total. The number of carbonyl (C=O) groups excluding carboxylic acids is 2. The number of anilines is 1. The van der Waals surface area contributed by atoms with Gasteiger partial charge in [0.2, 0.25) is 11.8 Å². The molecule has 1 unspecified atom stereocenters. The highest BCUT2D eigenvalue weighted by molar-refractivity contribution is 6.32. The molecule has 0 bridgehead atoms. The summed E-state index contributed by atoms with van der Waals surface area (Å²) in [5, 5.41) is 4.26. The smallest absolute Gasteiger partial charge is 0.333 e. The van der Waals surface area contributed by atoms with Gasteiger partial charge >= 0.3 is 6.18 Å². The number of amides is 2. The lowest BCUT2D eigenvalue weighted by Gasteiger charge is -2.23. The van der Waals surface area contributed by atoms with Crippen LogP contribution < -0.4 is 4.90 Å². The van der Waals surface area contributed by atoms with E-state index in [1.165, 1.54) is 14.5 Å². The molecule has 7 nitrogen and oxygen atoms in total. The topological polar surface area (TPSA) is 71.3 Å². The van der Waals surface area contributed by atoms with Gasteiger partial charge in [-0.3, -0.25) is 14.6 Å². The van der Waals surface area contributed by atoms with Crippen LogP contribution in [0.5, 0.6) is 0 Å². The highest BCUT2D eigenvalue weighted by atomic mass is 35.5. The Hall–Kier alpha value is -2.62. The van der Waals surface area contributed by atoms with Crippen molar-refractivity contribution < 1.29 is 22.8 Å². The molecule has 0 aliphatic carbocycles. The van der Waals surface area contributed by atoms with Crippen LogP contribution in [0.25, 0.3) is 5.69 Å². The first-order valence-electron chi connectivity index (χ1n) is 9.01. The minimum absolute atomic E-state index is 0.0808. The van der Waals surface area contributed by atoms with Gasteiger partial charge in [-0.05, 0) is 25.5 Å². The van der Waals surface area contributed by atoms with Gasteiger partial charge in [0.1, 0.15) is 12.2 Å². The van der Waals surface area contributed by atoms with Crippen LogP contribution in [0.3, 0.4) is 0 Å². The molecule has 1 atom stereocenters. The molecule has 11 heteroatoms. The highest BCUT2D eigenvalue weighted by Gasteiger charge is 2.41. The monoisotopic (exact) mass is 429 g/mol. The van der Waals surface area contributed by atoms with E-state index in [1.54, 1.807) is 37.6 Å². The summed E-state index contributed by atoms with van der Waals surface area (Å²) in [6.45, 7) is 1.79. The number of pyridine rings is 1. The molecule has 0 radical (unpaired) electrons. The van der Waals surface area contributed by atoms with Crippen LogP contribution in [0.15, 0.2) is 30.7 Å². The molecular weight excluding hydrogens is 411 g/mol. The van der Waals surface area contributed by atoms with E-state index in [0.29, 0.717) is 11.4 Å². The quantitative estimate of drug-likeness (QED) is 0.707. The van der Waals surface area contributed by atoms with Crippen molar-refractivity contribution >= 4 is 29.1 Å². The Morgan fingerprint density at radius 3 is 2.79 bits per heavy atom. The lowest BCUT2D eigenvalue weighted by molar-refractivity contribution is -0.155. The van der Waals surface area contributed by atoms with Gasteiger partial charge in [-0.1, -0.05) is 11.6 Å². The SMILES string of the molecule is CCN(C(=O)CN1CCC(CC(F)(F)F)C1=O)c1cn(-c2cccnc2)nc1Cl. The predicted octanol–water partition coefficient (Wildman–Crippen LogP) is 3.07. The van der Waals surface area contributed by atoms with Crippen molar-refractivity contribution in [2.24, 2.45) is 5.92 Å². The minimum atomic E-state index is -4.41. The number of rotatable bonds is 6. The molecule has 1 fully saturated rings. The molecule has 1 saturated heterocycles. The molecule has 3 rings (SSSR count). The van der Waals surface area contributed by atoms with Gasteiger partial charge in [0, 0.05) is 25.2 Å². The van der Waals surface area contributed by atoms with Gasteiger partial charge < -0.3 is 9.80 Å². The second-order valence-corrected chi connectivity index (χ2v) is 7.02. The van der Waals surface area contributed by atoms with Crippen LogP contribution in [-0.4, -0.2) is 57.3 Å². The van der Waals surface area contributed by atoms with Crippen LogP contribution in [0, 0.1) is 5.92 Å². The normalized spacial score (nSPS) is 17.1. The van der Waals surface area contributed by atoms with Gasteiger partial charge in [-0.2, -0.15) is 18.3 Å². The first kappa shape index (κ1) is 21.1. The number of hydrogen-bond acceptors (Lipinski definition) is 4. The summed E-state index contributed by atoms with van der Waals surface area (Å²) in [5.41, 5.74) is 0.996. The molecule has 29 heavy (non-hydrogen) atoms. The van der Waals surface area contributed by atoms with Crippen molar-refractivity contribution in [3.05, 3.63) is 35.9 Å². The molecule has 2 aromatic heterocycles. The number of halogens is 4. The molecule has 1 aliphatic heterocycles. The third-order valence-electron chi connectivity index (χ3n) is 4.68. The molecule has 0 aromatic carbocycles. The highest BCUT2D eigenvalue weighted by Crippen LogP contribution is 2.32. The van der Waals surface area contributed by atoms with E-state index in [0.717, 1.165) is 0 Å². The number of alkyl halides is 3. The van der Waals surface area contributed by atoms with Gasteiger partial charge in [-0.25, -0.2) is 4.68 Å². The van der Waals surface area contributed by atoms with E-state index in [2.05, 4.69) is 10.1 Å². The van der Waals surface area contributed by atoms with Crippen molar-refractivity contribution in [1.29, 1.82) is 0 Å². The summed E-state index contributed by atoms with van der Waals surface area (Å²) in [6, 6.07) is 3.49. The van der Waals surface area contributed by atoms with Crippen LogP contribution in [0.2, 0.25) is 5.15 Å². The van der Waals surface area contributed by atoms with Crippen molar-refractivity contribution in [2.45, 2.75) is 25.9 Å². The van der Waals surface area contributed by atoms with E-state index in [1.807, 2.05) is 0 Å². The van der Waals surface area contributed by atoms with Gasteiger partial charge in [0.15, 0.2) is 5.15 Å². The molecule has 156 valence electrons. The van der Waals surface area contributed by atoms with Crippen molar-refractivity contribution in [1.82, 2.24) is 19.7 Å². The fraction of sp³-hybridized carbons (Fsp3) is 0.444. The van der Waals surface area contributed by atoms with Gasteiger partial charge in [-0.15, -0.1) is 0 Å². The van der Waals surface area contributed by atoms with Crippen LogP contribution in [0.4, 0.5) is 18.9 Å². The fourth-order valence-corrected chi connectivity index (χ4v) is 3.54. The van der Waals surface area contributed by atoms with Crippen LogP contribution in [-0.2, 0) is 9.59 Å². The third kappa shape index (κ3) is 4.87. The van der Waals surface area contributed by atoms with Crippen molar-refractivity contribution in [2.75, 3.05) is 24.5 Å². The number of aromatic nitrogens is 3. The van der Waals surface area contributed by atoms with E-state index in [-0.39, 0.29) is 31.2 Å². The van der Waals surface area contributed by atoms with E-state index in [9.17, 15) is 22.8 Å². The Morgan fingerprint density at radius 2 is 2.17 bits per heavy atom. The number of carbonyl (C=O) groups is 2. The first-order valence-corrected chi connectivity index (χ1v) is 9.39. The van der Waals surface area contributed by atoms with Gasteiger partial charge in [0.25, 0.3) is 0 Å². The fourth-order valence-electron chi connectivity index (χ4n) is 3.31. The van der Waals surface area contributed by atoms with E-state index < -0.39 is 30.3 Å². The average molecular weight is 430 g/mol. The number of likely N-dealkylation sites (N-methyl/N-ethyl adjacent to an activating group) is 1. The maximum absolute atomic E-state index is 12.8. The zero-order valence-electron chi connectivity index (χ0n) is 15.6. The average Bonchev–Trinajstić information content (AvgIpc) is 3.20. The van der Waals surface area contributed by atoms with Crippen LogP contribution in [0.1, 0.15) is 19.8 Å². The number of likely N-dealkylation sites (tertiary alicyclic amines) is 1. The molecule has 2 aromatic rings. The molecule has 0 saturated carbocycles. The summed E-state index contributed by atoms with van der Waals surface area (Å²) < 4.78 is 39.2. The Balaban J connectivity index is 1.72. The standard InChI is InChI=1S/C18H19ClF3N5O2/c1-2-26(14-10-27(24-16(14)19)13-4-3-6-23-9-13)15(28)11-25-7-5-12(17(25)29)8-18(20,21)22/h3-4,6,9-10,12H,2,5,7-8,11H2,1H3. The van der Waals surface area contributed by atoms with Gasteiger partial charge in [0.05, 0.1) is 24.5 Å². The predicted molar refractivity (Wildman–Crippen MR) is 99.8 cm³/mol. The first-order chi connectivity index (χ1) is 13.7. The third-order valence-corrected chi connectivity index (χ3v) is 4.95. The van der Waals surface area contributed by atoms with Crippen LogP contribution >= 0.6 is 11.6 Å². The summed E-state index contributed by atoms with van der Waals surface area (Å²) in [4.78, 5) is 31.5. The molecule has 1 aliphatic rings. The Kier molecular flexibility index (Phi) is 6.11. The molecule has 0 spiro atoms. The summed E-state index contributed by atoms with van der Waals surface area (Å²) in [6.07, 6.45) is -0.746. The number of hydrogen-bond donors (Lipinski definition) is 0. The maximum Gasteiger partial charge on any atom is 0.389 e. The molecular formula is C18H19ClF3N5O2. The van der Waals surface area contributed by atoms with Crippen molar-refractivity contribution in [3.63, 3.8) is 0 Å². The summed E-state index contributed by atoms with van der Waals surface area (Å²) in [7, 11) is 0. The second-order valence-electron chi connectivity index (χ2n) is 6.66. The van der Waals surface area contributed by atoms with Crippen molar-refractivity contribution in [3.8, 4) is 5.69 Å². The molecule has 2 amide bonds. The lowest BCUT2D eigenvalue weighted by Crippen LogP contribution is -2.41.